The Labute approximate surface area is 108 Å². The fourth-order valence-electron chi connectivity index (χ4n) is 2.25. The van der Waals surface area contributed by atoms with E-state index in [0.717, 1.165) is 36.7 Å². The molecule has 0 aliphatic carbocycles. The van der Waals surface area contributed by atoms with Crippen molar-refractivity contribution < 1.29 is 4.79 Å². The molecule has 0 spiro atoms. The zero-order valence-electron chi connectivity index (χ0n) is 11.2. The molecule has 1 aromatic rings. The number of likely N-dealkylation sites (N-methyl/N-ethyl adjacent to an activating group) is 1. The fourth-order valence-corrected chi connectivity index (χ4v) is 2.25. The number of hydrogen-bond donors (Lipinski definition) is 1. The topological polar surface area (TPSA) is 58.1 Å². The van der Waals surface area contributed by atoms with Gasteiger partial charge in [0.05, 0.1) is 6.04 Å². The predicted molar refractivity (Wildman–Crippen MR) is 70.4 cm³/mol. The second kappa shape index (κ2) is 5.33. The van der Waals surface area contributed by atoms with Gasteiger partial charge in [-0.25, -0.2) is 9.97 Å². The lowest BCUT2D eigenvalue weighted by atomic mass is 10.2. The van der Waals surface area contributed by atoms with Crippen molar-refractivity contribution in [3.8, 4) is 0 Å². The molecule has 0 aromatic carbocycles. The number of likely N-dealkylation sites (tertiary alicyclic amines) is 1. The molecule has 98 valence electrons. The summed E-state index contributed by atoms with van der Waals surface area (Å²) in [5.41, 5.74) is 1.10. The maximum Gasteiger partial charge on any atom is 0.224 e. The third-order valence-electron chi connectivity index (χ3n) is 3.30. The molecule has 1 aliphatic heterocycles. The first-order chi connectivity index (χ1) is 8.63. The van der Waals surface area contributed by atoms with Crippen molar-refractivity contribution in [3.63, 3.8) is 0 Å². The number of carbonyl (C=O) groups is 1. The molecule has 0 unspecified atom stereocenters. The number of nitrogens with zero attached hydrogens (tertiary/aromatic N) is 3. The number of amides is 1. The van der Waals surface area contributed by atoms with Gasteiger partial charge in [-0.15, -0.1) is 0 Å². The molecule has 0 bridgehead atoms. The largest absolute Gasteiger partial charge is 0.365 e. The van der Waals surface area contributed by atoms with Gasteiger partial charge in [0.2, 0.25) is 5.91 Å². The first kappa shape index (κ1) is 12.8. The number of carbonyl (C=O) groups excluding carboxylic acids is 1. The van der Waals surface area contributed by atoms with E-state index in [9.17, 15) is 4.79 Å². The summed E-state index contributed by atoms with van der Waals surface area (Å²) in [7, 11) is 0. The number of nitrogens with one attached hydrogen (secondary N) is 1. The monoisotopic (exact) mass is 248 g/mol. The van der Waals surface area contributed by atoms with Crippen molar-refractivity contribution in [1.82, 2.24) is 14.9 Å². The van der Waals surface area contributed by atoms with Gasteiger partial charge in [0, 0.05) is 31.3 Å². The summed E-state index contributed by atoms with van der Waals surface area (Å²) < 4.78 is 0. The van der Waals surface area contributed by atoms with Crippen molar-refractivity contribution in [2.45, 2.75) is 39.7 Å². The summed E-state index contributed by atoms with van der Waals surface area (Å²) in [5.74, 6) is 1.85. The molecule has 1 aliphatic rings. The van der Waals surface area contributed by atoms with E-state index in [-0.39, 0.29) is 11.9 Å². The molecule has 1 atom stereocenters. The highest BCUT2D eigenvalue weighted by molar-refractivity contribution is 5.80. The summed E-state index contributed by atoms with van der Waals surface area (Å²) in [6.45, 7) is 7.51. The normalized spacial score (nSPS) is 19.4. The SMILES string of the molecule is CCc1cnc(C)nc1N[C@@H]1CC(=O)N(CC)C1. The molecule has 1 saturated heterocycles. The molecular weight excluding hydrogens is 228 g/mol. The Morgan fingerprint density at radius 3 is 2.89 bits per heavy atom. The standard InChI is InChI=1S/C13H20N4O/c1-4-10-7-14-9(3)15-13(10)16-11-6-12(18)17(5-2)8-11/h7,11H,4-6,8H2,1-3H3,(H,14,15,16)/t11-/m1/s1. The van der Waals surface area contributed by atoms with E-state index in [2.05, 4.69) is 22.2 Å². The second-order valence-electron chi connectivity index (χ2n) is 4.62. The smallest absolute Gasteiger partial charge is 0.224 e. The Hall–Kier alpha value is -1.65. The van der Waals surface area contributed by atoms with Crippen LogP contribution in [0.1, 0.15) is 31.7 Å². The van der Waals surface area contributed by atoms with Gasteiger partial charge < -0.3 is 10.2 Å². The maximum absolute atomic E-state index is 11.7. The Morgan fingerprint density at radius 1 is 1.50 bits per heavy atom. The van der Waals surface area contributed by atoms with Gasteiger partial charge in [0.1, 0.15) is 11.6 Å². The van der Waals surface area contributed by atoms with Gasteiger partial charge in [-0.05, 0) is 20.3 Å². The summed E-state index contributed by atoms with van der Waals surface area (Å²) in [6.07, 6.45) is 3.31. The minimum Gasteiger partial charge on any atom is -0.365 e. The lowest BCUT2D eigenvalue weighted by Crippen LogP contribution is -2.28. The molecule has 18 heavy (non-hydrogen) atoms. The van der Waals surface area contributed by atoms with Gasteiger partial charge in [0.15, 0.2) is 0 Å². The Bertz CT molecular complexity index is 447. The quantitative estimate of drug-likeness (QED) is 0.874. The number of aryl methyl sites for hydroxylation is 2. The van der Waals surface area contributed by atoms with Crippen LogP contribution in [0.5, 0.6) is 0 Å². The maximum atomic E-state index is 11.7. The zero-order valence-corrected chi connectivity index (χ0v) is 11.2. The van der Waals surface area contributed by atoms with E-state index in [1.807, 2.05) is 24.9 Å². The van der Waals surface area contributed by atoms with Crippen LogP contribution >= 0.6 is 0 Å². The zero-order chi connectivity index (χ0) is 13.1. The van der Waals surface area contributed by atoms with E-state index in [0.29, 0.717) is 6.42 Å². The molecule has 1 aromatic heterocycles. The van der Waals surface area contributed by atoms with Crippen LogP contribution in [0.4, 0.5) is 5.82 Å². The summed E-state index contributed by atoms with van der Waals surface area (Å²) in [4.78, 5) is 22.2. The van der Waals surface area contributed by atoms with Crippen LogP contribution in [0.25, 0.3) is 0 Å². The van der Waals surface area contributed by atoms with Crippen LogP contribution in [0.15, 0.2) is 6.20 Å². The third kappa shape index (κ3) is 2.60. The number of rotatable bonds is 4. The third-order valence-corrected chi connectivity index (χ3v) is 3.30. The number of hydrogen-bond acceptors (Lipinski definition) is 4. The molecule has 1 N–H and O–H groups in total. The van der Waals surface area contributed by atoms with Crippen LogP contribution in [0.2, 0.25) is 0 Å². The molecular formula is C13H20N4O. The van der Waals surface area contributed by atoms with E-state index in [1.165, 1.54) is 0 Å². The molecule has 5 heteroatoms. The summed E-state index contributed by atoms with van der Waals surface area (Å²) >= 11 is 0. The van der Waals surface area contributed by atoms with Gasteiger partial charge in [-0.1, -0.05) is 6.92 Å². The van der Waals surface area contributed by atoms with E-state index in [4.69, 9.17) is 0 Å². The minimum absolute atomic E-state index is 0.164. The second-order valence-corrected chi connectivity index (χ2v) is 4.62. The average molecular weight is 248 g/mol. The molecule has 2 heterocycles. The first-order valence-electron chi connectivity index (χ1n) is 6.50. The predicted octanol–water partition coefficient (Wildman–Crippen LogP) is 1.38. The molecule has 1 fully saturated rings. The first-order valence-corrected chi connectivity index (χ1v) is 6.50. The lowest BCUT2D eigenvalue weighted by Gasteiger charge is -2.16. The summed E-state index contributed by atoms with van der Waals surface area (Å²) in [6, 6.07) is 0.164. The molecule has 2 rings (SSSR count). The van der Waals surface area contributed by atoms with Gasteiger partial charge in [0.25, 0.3) is 0 Å². The van der Waals surface area contributed by atoms with E-state index >= 15 is 0 Å². The van der Waals surface area contributed by atoms with Crippen LogP contribution in [-0.4, -0.2) is 39.9 Å². The molecule has 0 saturated carbocycles. The van der Waals surface area contributed by atoms with Crippen LogP contribution in [0.3, 0.4) is 0 Å². The van der Waals surface area contributed by atoms with E-state index < -0.39 is 0 Å². The van der Waals surface area contributed by atoms with Crippen LogP contribution in [-0.2, 0) is 11.2 Å². The Morgan fingerprint density at radius 2 is 2.28 bits per heavy atom. The summed E-state index contributed by atoms with van der Waals surface area (Å²) in [5, 5.41) is 3.38. The molecule has 1 amide bonds. The highest BCUT2D eigenvalue weighted by Crippen LogP contribution is 2.18. The van der Waals surface area contributed by atoms with Crippen molar-refractivity contribution in [2.75, 3.05) is 18.4 Å². The van der Waals surface area contributed by atoms with Gasteiger partial charge in [-0.2, -0.15) is 0 Å². The highest BCUT2D eigenvalue weighted by Gasteiger charge is 2.28. The fraction of sp³-hybridized carbons (Fsp3) is 0.615. The van der Waals surface area contributed by atoms with Gasteiger partial charge >= 0.3 is 0 Å². The van der Waals surface area contributed by atoms with Crippen molar-refractivity contribution >= 4 is 11.7 Å². The van der Waals surface area contributed by atoms with Crippen LogP contribution in [0, 0.1) is 6.92 Å². The Kier molecular flexibility index (Phi) is 3.79. The average Bonchev–Trinajstić information content (AvgIpc) is 2.70. The highest BCUT2D eigenvalue weighted by atomic mass is 16.2. The Balaban J connectivity index is 2.10. The van der Waals surface area contributed by atoms with Crippen LogP contribution < -0.4 is 5.32 Å². The number of aromatic nitrogens is 2. The lowest BCUT2D eigenvalue weighted by molar-refractivity contribution is -0.127. The van der Waals surface area contributed by atoms with E-state index in [1.54, 1.807) is 0 Å². The molecule has 5 nitrogen and oxygen atoms in total. The van der Waals surface area contributed by atoms with Crippen molar-refractivity contribution in [3.05, 3.63) is 17.6 Å². The van der Waals surface area contributed by atoms with Gasteiger partial charge in [-0.3, -0.25) is 4.79 Å². The van der Waals surface area contributed by atoms with Crippen molar-refractivity contribution in [2.24, 2.45) is 0 Å². The van der Waals surface area contributed by atoms with Crippen molar-refractivity contribution in [1.29, 1.82) is 0 Å². The molecule has 0 radical (unpaired) electrons. The minimum atomic E-state index is 0.164. The number of anilines is 1.